The van der Waals surface area contributed by atoms with Crippen molar-refractivity contribution in [3.8, 4) is 0 Å². The van der Waals surface area contributed by atoms with Crippen molar-refractivity contribution in [2.45, 2.75) is 25.9 Å². The fourth-order valence-electron chi connectivity index (χ4n) is 3.36. The van der Waals surface area contributed by atoms with E-state index < -0.39 is 0 Å². The minimum atomic E-state index is -0.227. The largest absolute Gasteiger partial charge is 0.393 e. The summed E-state index contributed by atoms with van der Waals surface area (Å²) < 4.78 is 0. The van der Waals surface area contributed by atoms with Gasteiger partial charge in [0.1, 0.15) is 0 Å². The molecule has 1 aromatic carbocycles. The van der Waals surface area contributed by atoms with Gasteiger partial charge in [-0.2, -0.15) is 0 Å². The first-order valence-electron chi connectivity index (χ1n) is 6.80. The number of benzene rings is 1. The number of aliphatic hydroxyl groups excluding tert-OH is 1. The molecule has 1 aliphatic carbocycles. The first-order valence-corrected chi connectivity index (χ1v) is 7.17. The number of nitrogens with zero attached hydrogens (tertiary/aromatic N) is 1. The first kappa shape index (κ1) is 12.9. The smallest absolute Gasteiger partial charge is 0.253 e. The van der Waals surface area contributed by atoms with Crippen LogP contribution in [-0.4, -0.2) is 35.1 Å². The van der Waals surface area contributed by atoms with Gasteiger partial charge in [0, 0.05) is 29.6 Å². The van der Waals surface area contributed by atoms with Gasteiger partial charge in [0.05, 0.1) is 6.10 Å². The Bertz CT molecular complexity index is 517. The van der Waals surface area contributed by atoms with E-state index in [0.717, 1.165) is 24.9 Å². The van der Waals surface area contributed by atoms with Gasteiger partial charge in [-0.3, -0.25) is 4.79 Å². The Morgan fingerprint density at radius 1 is 1.37 bits per heavy atom. The Kier molecular flexibility index (Phi) is 3.27. The lowest BCUT2D eigenvalue weighted by Crippen LogP contribution is -2.31. The van der Waals surface area contributed by atoms with Crippen molar-refractivity contribution < 1.29 is 9.90 Å². The van der Waals surface area contributed by atoms with Crippen LogP contribution >= 0.6 is 11.6 Å². The van der Waals surface area contributed by atoms with E-state index >= 15 is 0 Å². The number of aliphatic hydroxyl groups is 1. The second kappa shape index (κ2) is 4.80. The lowest BCUT2D eigenvalue weighted by molar-refractivity contribution is 0.0752. The van der Waals surface area contributed by atoms with Crippen LogP contribution in [-0.2, 0) is 0 Å². The van der Waals surface area contributed by atoms with Gasteiger partial charge in [0.15, 0.2) is 0 Å². The molecule has 1 amide bonds. The summed E-state index contributed by atoms with van der Waals surface area (Å²) in [5.41, 5.74) is 1.61. The number of hydrogen-bond acceptors (Lipinski definition) is 2. The number of carbonyl (C=O) groups is 1. The zero-order valence-corrected chi connectivity index (χ0v) is 11.7. The molecule has 1 saturated carbocycles. The molecule has 102 valence electrons. The molecule has 1 heterocycles. The third-order valence-corrected chi connectivity index (χ3v) is 4.94. The Labute approximate surface area is 118 Å². The molecule has 0 spiro atoms. The Balaban J connectivity index is 1.76. The summed E-state index contributed by atoms with van der Waals surface area (Å²) in [6.45, 7) is 3.37. The van der Waals surface area contributed by atoms with E-state index in [1.54, 1.807) is 12.1 Å². The summed E-state index contributed by atoms with van der Waals surface area (Å²) in [6.07, 6.45) is 1.70. The van der Waals surface area contributed by atoms with E-state index in [1.165, 1.54) is 0 Å². The van der Waals surface area contributed by atoms with Crippen molar-refractivity contribution in [1.29, 1.82) is 0 Å². The quantitative estimate of drug-likeness (QED) is 0.858. The van der Waals surface area contributed by atoms with Crippen LogP contribution in [0.4, 0.5) is 0 Å². The van der Waals surface area contributed by atoms with Gasteiger partial charge >= 0.3 is 0 Å². The highest BCUT2D eigenvalue weighted by molar-refractivity contribution is 6.31. The van der Waals surface area contributed by atoms with Crippen LogP contribution in [0.25, 0.3) is 0 Å². The van der Waals surface area contributed by atoms with Gasteiger partial charge in [0.2, 0.25) is 0 Å². The standard InChI is InChI=1S/C15H18ClNO2/c1-9-6-10(2-4-13(9)16)15(19)17-7-11-3-5-14(18)12(11)8-17/h2,4,6,11-12,14,18H,3,5,7-8H2,1H3. The van der Waals surface area contributed by atoms with Gasteiger partial charge in [-0.15, -0.1) is 0 Å². The lowest BCUT2D eigenvalue weighted by Gasteiger charge is -2.18. The molecule has 2 fully saturated rings. The Morgan fingerprint density at radius 3 is 2.84 bits per heavy atom. The second-order valence-electron chi connectivity index (χ2n) is 5.74. The predicted molar refractivity (Wildman–Crippen MR) is 74.3 cm³/mol. The molecule has 1 aliphatic heterocycles. The highest BCUT2D eigenvalue weighted by Gasteiger charge is 2.43. The first-order chi connectivity index (χ1) is 9.06. The number of fused-ring (bicyclic) bond motifs is 1. The Morgan fingerprint density at radius 2 is 2.16 bits per heavy atom. The van der Waals surface area contributed by atoms with Gasteiger partial charge < -0.3 is 10.0 Å². The molecule has 3 rings (SSSR count). The molecule has 19 heavy (non-hydrogen) atoms. The molecule has 1 aromatic rings. The maximum Gasteiger partial charge on any atom is 0.253 e. The molecule has 4 heteroatoms. The third-order valence-electron chi connectivity index (χ3n) is 4.51. The molecule has 3 nitrogen and oxygen atoms in total. The summed E-state index contributed by atoms with van der Waals surface area (Å²) >= 11 is 5.98. The second-order valence-corrected chi connectivity index (χ2v) is 6.15. The third kappa shape index (κ3) is 2.26. The fraction of sp³-hybridized carbons (Fsp3) is 0.533. The van der Waals surface area contributed by atoms with E-state index in [0.29, 0.717) is 23.0 Å². The lowest BCUT2D eigenvalue weighted by atomic mass is 10.00. The highest BCUT2D eigenvalue weighted by atomic mass is 35.5. The highest BCUT2D eigenvalue weighted by Crippen LogP contribution is 2.38. The van der Waals surface area contributed by atoms with Crippen LogP contribution < -0.4 is 0 Å². The normalized spacial score (nSPS) is 29.6. The van der Waals surface area contributed by atoms with Crippen molar-refractivity contribution in [2.75, 3.05) is 13.1 Å². The predicted octanol–water partition coefficient (Wildman–Crippen LogP) is 2.49. The average Bonchev–Trinajstić information content (AvgIpc) is 2.95. The average molecular weight is 280 g/mol. The summed E-state index contributed by atoms with van der Waals surface area (Å²) in [5.74, 6) is 0.811. The molecule has 3 unspecified atom stereocenters. The van der Waals surface area contributed by atoms with Crippen LogP contribution in [0, 0.1) is 18.8 Å². The zero-order valence-electron chi connectivity index (χ0n) is 11.0. The number of amides is 1. The van der Waals surface area contributed by atoms with Crippen molar-refractivity contribution >= 4 is 17.5 Å². The van der Waals surface area contributed by atoms with Gasteiger partial charge in [-0.1, -0.05) is 11.6 Å². The maximum absolute atomic E-state index is 12.4. The van der Waals surface area contributed by atoms with Gasteiger partial charge in [-0.25, -0.2) is 0 Å². The maximum atomic E-state index is 12.4. The topological polar surface area (TPSA) is 40.5 Å². The molecule has 1 saturated heterocycles. The van der Waals surface area contributed by atoms with Gasteiger partial charge in [0.25, 0.3) is 5.91 Å². The van der Waals surface area contributed by atoms with Crippen molar-refractivity contribution in [3.63, 3.8) is 0 Å². The van der Waals surface area contributed by atoms with Crippen molar-refractivity contribution in [2.24, 2.45) is 11.8 Å². The molecule has 1 N–H and O–H groups in total. The molecule has 2 aliphatic rings. The SMILES string of the molecule is Cc1cc(C(=O)N2CC3CCC(O)C3C2)ccc1Cl. The molecular formula is C15H18ClNO2. The zero-order chi connectivity index (χ0) is 13.6. The molecular weight excluding hydrogens is 262 g/mol. The number of rotatable bonds is 1. The number of aryl methyl sites for hydroxylation is 1. The fourth-order valence-corrected chi connectivity index (χ4v) is 3.48. The van der Waals surface area contributed by atoms with E-state index in [-0.39, 0.29) is 17.9 Å². The number of carbonyl (C=O) groups excluding carboxylic acids is 1. The molecule has 3 atom stereocenters. The Hall–Kier alpha value is -1.06. The number of hydrogen-bond donors (Lipinski definition) is 1. The number of likely N-dealkylation sites (tertiary alicyclic amines) is 1. The van der Waals surface area contributed by atoms with E-state index in [2.05, 4.69) is 0 Å². The van der Waals surface area contributed by atoms with E-state index in [4.69, 9.17) is 11.6 Å². The summed E-state index contributed by atoms with van der Waals surface area (Å²) in [4.78, 5) is 14.3. The number of halogens is 1. The van der Waals surface area contributed by atoms with Gasteiger partial charge in [-0.05, 0) is 49.4 Å². The van der Waals surface area contributed by atoms with E-state index in [9.17, 15) is 9.90 Å². The molecule has 0 radical (unpaired) electrons. The van der Waals surface area contributed by atoms with Crippen LogP contribution in [0.1, 0.15) is 28.8 Å². The monoisotopic (exact) mass is 279 g/mol. The summed E-state index contributed by atoms with van der Waals surface area (Å²) in [7, 11) is 0. The summed E-state index contributed by atoms with van der Waals surface area (Å²) in [6, 6.07) is 5.40. The van der Waals surface area contributed by atoms with Crippen LogP contribution in [0.5, 0.6) is 0 Å². The minimum Gasteiger partial charge on any atom is -0.393 e. The summed E-state index contributed by atoms with van der Waals surface area (Å²) in [5, 5.41) is 10.6. The molecule has 0 bridgehead atoms. The van der Waals surface area contributed by atoms with Crippen LogP contribution in [0.15, 0.2) is 18.2 Å². The van der Waals surface area contributed by atoms with Crippen molar-refractivity contribution in [1.82, 2.24) is 4.90 Å². The minimum absolute atomic E-state index is 0.0568. The molecule has 0 aromatic heterocycles. The van der Waals surface area contributed by atoms with Crippen molar-refractivity contribution in [3.05, 3.63) is 34.3 Å². The van der Waals surface area contributed by atoms with E-state index in [1.807, 2.05) is 17.9 Å². The van der Waals surface area contributed by atoms with Crippen LogP contribution in [0.2, 0.25) is 5.02 Å². The van der Waals surface area contributed by atoms with Crippen LogP contribution in [0.3, 0.4) is 0 Å².